The molecule has 5 aromatic rings. The molecule has 0 radical (unpaired) electrons. The van der Waals surface area contributed by atoms with Gasteiger partial charge in [0.2, 0.25) is 0 Å². The number of rotatable bonds is 0. The second-order valence-electron chi connectivity index (χ2n) is 6.22. The summed E-state index contributed by atoms with van der Waals surface area (Å²) >= 11 is -0.386. The third-order valence-electron chi connectivity index (χ3n) is 4.68. The summed E-state index contributed by atoms with van der Waals surface area (Å²) in [4.78, 5) is 22.8. The summed E-state index contributed by atoms with van der Waals surface area (Å²) in [7, 11) is 0. The van der Waals surface area contributed by atoms with Gasteiger partial charge in [-0.3, -0.25) is 0 Å². The van der Waals surface area contributed by atoms with Gasteiger partial charge in [0.1, 0.15) is 0 Å². The molecule has 0 saturated carbocycles. The quantitative estimate of drug-likeness (QED) is 0.182. The first-order valence-electron chi connectivity index (χ1n) is 8.48. The number of hydrogen-bond donors (Lipinski definition) is 0. The van der Waals surface area contributed by atoms with Gasteiger partial charge in [-0.25, -0.2) is 0 Å². The molecule has 136 valence electrons. The van der Waals surface area contributed by atoms with Crippen molar-refractivity contribution in [3.63, 3.8) is 0 Å². The van der Waals surface area contributed by atoms with Crippen molar-refractivity contribution >= 4 is 81.7 Å². The maximum atomic E-state index is 7.26. The van der Waals surface area contributed by atoms with Crippen LogP contribution in [0, 0.1) is 26.3 Å². The zero-order valence-electron chi connectivity index (χ0n) is 15.0. The molecule has 3 aromatic carbocycles. The van der Waals surface area contributed by atoms with E-state index in [0.717, 1.165) is 41.1 Å². The Bertz CT molecular complexity index is 1680. The van der Waals surface area contributed by atoms with E-state index in [9.17, 15) is 0 Å². The van der Waals surface area contributed by atoms with E-state index >= 15 is 0 Å². The molecule has 30 heavy (non-hydrogen) atoms. The minimum absolute atomic E-state index is 0.0295. The second kappa shape index (κ2) is 6.95. The van der Waals surface area contributed by atoms with Crippen LogP contribution in [0.5, 0.6) is 0 Å². The van der Waals surface area contributed by atoms with Crippen molar-refractivity contribution in [2.24, 2.45) is 0 Å². The van der Waals surface area contributed by atoms with Crippen LogP contribution in [0.3, 0.4) is 0 Å². The predicted octanol–water partition coefficient (Wildman–Crippen LogP) is 3.01. The van der Waals surface area contributed by atoms with Gasteiger partial charge in [0.05, 0.1) is 0 Å². The van der Waals surface area contributed by atoms with Crippen LogP contribution in [-0.2, 0) is 0 Å². The van der Waals surface area contributed by atoms with Gasteiger partial charge in [-0.2, -0.15) is 0 Å². The summed E-state index contributed by atoms with van der Waals surface area (Å²) in [6, 6.07) is 12.2. The van der Waals surface area contributed by atoms with Gasteiger partial charge < -0.3 is 0 Å². The summed E-state index contributed by atoms with van der Waals surface area (Å²) < 4.78 is 3.21. The van der Waals surface area contributed by atoms with Crippen LogP contribution in [0.15, 0.2) is 36.4 Å². The topological polar surface area (TPSA) is 43.2 Å². The molecule has 0 aliphatic rings. The predicted molar refractivity (Wildman–Crippen MR) is 118 cm³/mol. The molecular weight excluding hydrogens is 506 g/mol. The molecule has 5 rings (SSSR count). The molecule has 0 N–H and O–H groups in total. The number of nitrogens with zero attached hydrogens (tertiary/aromatic N) is 6. The summed E-state index contributed by atoms with van der Waals surface area (Å²) in [5.41, 5.74) is 1.61. The summed E-state index contributed by atoms with van der Waals surface area (Å²) in [5.74, 6) is 0.0589. The Kier molecular flexibility index (Phi) is 4.24. The van der Waals surface area contributed by atoms with E-state index in [4.69, 9.17) is 36.3 Å². The maximum absolute atomic E-state index is 7.26. The average Bonchev–Trinajstić information content (AvgIpc) is 3.39. The van der Waals surface area contributed by atoms with Gasteiger partial charge in [-0.15, -0.1) is 0 Å². The molecule has 6 nitrogen and oxygen atoms in total. The molecule has 0 amide bonds. The Hall–Kier alpha value is -3.74. The Morgan fingerprint density at radius 2 is 0.967 bits per heavy atom. The molecule has 0 spiro atoms. The Morgan fingerprint density at radius 1 is 0.600 bits per heavy atom. The molecule has 8 heteroatoms. The molecule has 0 fully saturated rings. The second-order valence-corrected chi connectivity index (χ2v) is 10.5. The number of aromatic nitrogens is 2. The molecule has 0 atom stereocenters. The third kappa shape index (κ3) is 2.58. The number of hydrogen-bond acceptors (Lipinski definition) is 2. The van der Waals surface area contributed by atoms with Crippen molar-refractivity contribution in [3.05, 3.63) is 90.5 Å². The fraction of sp³-hybridized carbons (Fsp3) is 0. The average molecular weight is 512 g/mol. The standard InChI is InChI=1S/C22H6N6Se2/c1-23-19(24-2)21-27-17-13(29-21)9-7-11-5-6-12-8-10-14-18(16(12)15(11)17)28-22(30-14)20(25-3)26-4/h5-10H. The molecular formula is C22H6N6Se2. The van der Waals surface area contributed by atoms with Crippen LogP contribution >= 0.6 is 0 Å². The van der Waals surface area contributed by atoms with Gasteiger partial charge in [0.25, 0.3) is 0 Å². The zero-order chi connectivity index (χ0) is 20.8. The Labute approximate surface area is 181 Å². The van der Waals surface area contributed by atoms with Crippen molar-refractivity contribution in [1.29, 1.82) is 0 Å². The van der Waals surface area contributed by atoms with Crippen molar-refractivity contribution in [1.82, 2.24) is 9.97 Å². The molecule has 0 unspecified atom stereocenters. The summed E-state index contributed by atoms with van der Waals surface area (Å²) in [6.07, 6.45) is 0. The SMILES string of the molecule is [C-]#[N+]C([N+]#[C-])=c1nc2c(ccc3ccc4ccc5[se]c(=C([N+]#[C-])[N+]#[C-])nc5c4c32)[se]1. The molecule has 0 bridgehead atoms. The van der Waals surface area contributed by atoms with Crippen molar-refractivity contribution in [2.75, 3.05) is 0 Å². The molecule has 2 heterocycles. The van der Waals surface area contributed by atoms with Crippen LogP contribution in [0.25, 0.3) is 72.1 Å². The van der Waals surface area contributed by atoms with Gasteiger partial charge >= 0.3 is 182 Å². The van der Waals surface area contributed by atoms with Crippen LogP contribution in [-0.4, -0.2) is 39.0 Å². The normalized spacial score (nSPS) is 10.5. The summed E-state index contributed by atoms with van der Waals surface area (Å²) in [5, 5.41) is 3.94. The monoisotopic (exact) mass is 514 g/mol. The minimum atomic E-state index is -0.193. The van der Waals surface area contributed by atoms with Crippen LogP contribution in [0.4, 0.5) is 0 Å². The van der Waals surface area contributed by atoms with E-state index in [1.165, 1.54) is 0 Å². The van der Waals surface area contributed by atoms with Crippen LogP contribution in [0.2, 0.25) is 0 Å². The molecule has 0 aliphatic carbocycles. The van der Waals surface area contributed by atoms with Crippen LogP contribution < -0.4 is 8.45 Å². The van der Waals surface area contributed by atoms with E-state index in [2.05, 4.69) is 19.4 Å². The van der Waals surface area contributed by atoms with E-state index < -0.39 is 0 Å². The van der Waals surface area contributed by atoms with Crippen molar-refractivity contribution in [3.8, 4) is 0 Å². The van der Waals surface area contributed by atoms with Gasteiger partial charge in [-0.1, -0.05) is 0 Å². The third-order valence-corrected chi connectivity index (χ3v) is 8.95. The zero-order valence-corrected chi connectivity index (χ0v) is 18.4. The van der Waals surface area contributed by atoms with Gasteiger partial charge in [-0.05, 0) is 0 Å². The first-order valence-corrected chi connectivity index (χ1v) is 11.9. The molecule has 0 aliphatic heterocycles. The fourth-order valence-corrected chi connectivity index (χ4v) is 7.25. The molecule has 2 aromatic heterocycles. The Balaban J connectivity index is 2.08. The first-order chi connectivity index (χ1) is 14.7. The van der Waals surface area contributed by atoms with E-state index in [-0.39, 0.29) is 40.6 Å². The Morgan fingerprint density at radius 3 is 1.33 bits per heavy atom. The number of fused-ring (bicyclic) bond motifs is 7. The molecule has 0 saturated heterocycles. The van der Waals surface area contributed by atoms with E-state index in [1.54, 1.807) is 0 Å². The first kappa shape index (κ1) is 18.3. The van der Waals surface area contributed by atoms with Crippen LogP contribution in [0.1, 0.15) is 0 Å². The van der Waals surface area contributed by atoms with Gasteiger partial charge in [0.15, 0.2) is 0 Å². The van der Waals surface area contributed by atoms with E-state index in [1.807, 2.05) is 36.4 Å². The fourth-order valence-electron chi connectivity index (χ4n) is 3.43. The summed E-state index contributed by atoms with van der Waals surface area (Å²) in [6.45, 7) is 29.0. The van der Waals surface area contributed by atoms with E-state index in [0.29, 0.717) is 8.45 Å². The number of benzene rings is 3. The van der Waals surface area contributed by atoms with Crippen molar-refractivity contribution in [2.45, 2.75) is 0 Å². The van der Waals surface area contributed by atoms with Gasteiger partial charge in [0, 0.05) is 0 Å². The van der Waals surface area contributed by atoms with Crippen molar-refractivity contribution < 1.29 is 0 Å².